The third-order valence-electron chi connectivity index (χ3n) is 2.87. The second kappa shape index (κ2) is 7.30. The van der Waals surface area contributed by atoms with Gasteiger partial charge in [0.15, 0.2) is 12.3 Å². The Kier molecular flexibility index (Phi) is 5.41. The Morgan fingerprint density at radius 3 is 2.70 bits per heavy atom. The number of amides is 1. The van der Waals surface area contributed by atoms with E-state index >= 15 is 0 Å². The summed E-state index contributed by atoms with van der Waals surface area (Å²) in [4.78, 5) is 23.9. The van der Waals surface area contributed by atoms with Crippen molar-refractivity contribution in [2.24, 2.45) is 0 Å². The molecule has 0 aliphatic carbocycles. The zero-order chi connectivity index (χ0) is 17.0. The van der Waals surface area contributed by atoms with Gasteiger partial charge in [-0.25, -0.2) is 4.79 Å². The van der Waals surface area contributed by atoms with Crippen molar-refractivity contribution in [3.8, 4) is 0 Å². The third-order valence-corrected chi connectivity index (χ3v) is 3.44. The van der Waals surface area contributed by atoms with Crippen LogP contribution in [0.3, 0.4) is 0 Å². The molecular formula is C15H12Cl2N2O4. The number of anilines is 1. The van der Waals surface area contributed by atoms with Gasteiger partial charge >= 0.3 is 11.7 Å². The SMILES string of the molecule is C[C@@H](OC(=O)c1cccc[n+]1[O-])C(=O)Nc1cc(Cl)ccc1Cl. The first-order chi connectivity index (χ1) is 10.9. The number of carbonyl (C=O) groups excluding carboxylic acids is 2. The highest BCUT2D eigenvalue weighted by Gasteiger charge is 2.24. The van der Waals surface area contributed by atoms with Crippen LogP contribution < -0.4 is 10.0 Å². The van der Waals surface area contributed by atoms with Gasteiger partial charge in [-0.05, 0) is 31.2 Å². The molecule has 0 bridgehead atoms. The van der Waals surface area contributed by atoms with Crippen molar-refractivity contribution < 1.29 is 19.1 Å². The van der Waals surface area contributed by atoms with Crippen molar-refractivity contribution in [3.63, 3.8) is 0 Å². The van der Waals surface area contributed by atoms with E-state index in [0.29, 0.717) is 20.5 Å². The number of nitrogens with zero attached hydrogens (tertiary/aromatic N) is 1. The van der Waals surface area contributed by atoms with Crippen LogP contribution >= 0.6 is 23.2 Å². The molecule has 1 atom stereocenters. The molecule has 1 N–H and O–H groups in total. The van der Waals surface area contributed by atoms with Gasteiger partial charge < -0.3 is 15.3 Å². The number of halogens is 2. The molecule has 2 rings (SSSR count). The van der Waals surface area contributed by atoms with Gasteiger partial charge in [-0.3, -0.25) is 4.79 Å². The summed E-state index contributed by atoms with van der Waals surface area (Å²) in [6.45, 7) is 1.38. The normalized spacial score (nSPS) is 11.6. The Balaban J connectivity index is 2.04. The number of hydrogen-bond donors (Lipinski definition) is 1. The molecule has 0 radical (unpaired) electrons. The van der Waals surface area contributed by atoms with E-state index in [2.05, 4.69) is 5.32 Å². The van der Waals surface area contributed by atoms with Crippen LogP contribution in [0.25, 0.3) is 0 Å². The van der Waals surface area contributed by atoms with Gasteiger partial charge in [0.2, 0.25) is 0 Å². The van der Waals surface area contributed by atoms with E-state index in [4.69, 9.17) is 27.9 Å². The fraction of sp³-hybridized carbons (Fsp3) is 0.133. The van der Waals surface area contributed by atoms with Crippen molar-refractivity contribution in [2.75, 3.05) is 5.32 Å². The molecule has 1 heterocycles. The minimum Gasteiger partial charge on any atom is -0.618 e. The van der Waals surface area contributed by atoms with Gasteiger partial charge in [0.05, 0.1) is 10.7 Å². The molecule has 6 nitrogen and oxygen atoms in total. The van der Waals surface area contributed by atoms with Crippen molar-refractivity contribution >= 4 is 40.8 Å². The molecule has 120 valence electrons. The van der Waals surface area contributed by atoms with Crippen LogP contribution in [0.5, 0.6) is 0 Å². The highest BCUT2D eigenvalue weighted by Crippen LogP contribution is 2.25. The molecule has 1 amide bonds. The molecule has 1 aromatic carbocycles. The average Bonchev–Trinajstić information content (AvgIpc) is 2.51. The van der Waals surface area contributed by atoms with Crippen molar-refractivity contribution in [1.29, 1.82) is 0 Å². The maximum absolute atomic E-state index is 12.1. The molecule has 8 heteroatoms. The Hall–Kier alpha value is -2.31. The molecule has 1 aromatic heterocycles. The summed E-state index contributed by atoms with van der Waals surface area (Å²) in [7, 11) is 0. The summed E-state index contributed by atoms with van der Waals surface area (Å²) in [5, 5.41) is 14.7. The first-order valence-electron chi connectivity index (χ1n) is 6.53. The summed E-state index contributed by atoms with van der Waals surface area (Å²) in [5.74, 6) is -1.50. The quantitative estimate of drug-likeness (QED) is 0.519. The summed E-state index contributed by atoms with van der Waals surface area (Å²) in [6, 6.07) is 8.86. The lowest BCUT2D eigenvalue weighted by Crippen LogP contribution is -2.37. The first-order valence-corrected chi connectivity index (χ1v) is 7.29. The van der Waals surface area contributed by atoms with Crippen LogP contribution in [-0.2, 0) is 9.53 Å². The van der Waals surface area contributed by atoms with Crippen LogP contribution in [0, 0.1) is 5.21 Å². The van der Waals surface area contributed by atoms with E-state index < -0.39 is 18.0 Å². The van der Waals surface area contributed by atoms with E-state index in [-0.39, 0.29) is 5.69 Å². The lowest BCUT2D eigenvalue weighted by Gasteiger charge is -2.14. The molecule has 0 fully saturated rings. The average molecular weight is 355 g/mol. The molecule has 0 saturated carbocycles. The second-order valence-electron chi connectivity index (χ2n) is 4.57. The predicted octanol–water partition coefficient (Wildman–Crippen LogP) is 2.81. The number of aromatic nitrogens is 1. The number of nitrogens with one attached hydrogen (secondary N) is 1. The topological polar surface area (TPSA) is 82.3 Å². The van der Waals surface area contributed by atoms with Crippen LogP contribution in [0.1, 0.15) is 17.4 Å². The smallest absolute Gasteiger partial charge is 0.405 e. The molecule has 2 aromatic rings. The Bertz CT molecular complexity index is 752. The van der Waals surface area contributed by atoms with Crippen molar-refractivity contribution in [2.45, 2.75) is 13.0 Å². The largest absolute Gasteiger partial charge is 0.618 e. The first kappa shape index (κ1) is 17.1. The molecule has 0 spiro atoms. The van der Waals surface area contributed by atoms with Gasteiger partial charge in [-0.15, -0.1) is 0 Å². The minimum atomic E-state index is -1.13. The Labute approximate surface area is 142 Å². The number of hydrogen-bond acceptors (Lipinski definition) is 4. The van der Waals surface area contributed by atoms with E-state index in [1.165, 1.54) is 37.3 Å². The maximum Gasteiger partial charge on any atom is 0.405 e. The highest BCUT2D eigenvalue weighted by atomic mass is 35.5. The molecule has 0 aliphatic heterocycles. The van der Waals surface area contributed by atoms with E-state index in [0.717, 1.165) is 6.20 Å². The number of carbonyl (C=O) groups is 2. The van der Waals surface area contributed by atoms with E-state index in [1.54, 1.807) is 6.07 Å². The zero-order valence-corrected chi connectivity index (χ0v) is 13.5. The number of pyridine rings is 1. The highest BCUT2D eigenvalue weighted by molar-refractivity contribution is 6.35. The summed E-state index contributed by atoms with van der Waals surface area (Å²) < 4.78 is 5.34. The summed E-state index contributed by atoms with van der Waals surface area (Å²) >= 11 is 11.8. The molecule has 0 saturated heterocycles. The fourth-order valence-electron chi connectivity index (χ4n) is 1.69. The molecular weight excluding hydrogens is 343 g/mol. The van der Waals surface area contributed by atoms with Gasteiger partial charge in [-0.2, -0.15) is 4.73 Å². The number of rotatable bonds is 4. The lowest BCUT2D eigenvalue weighted by atomic mass is 10.3. The monoisotopic (exact) mass is 354 g/mol. The van der Waals surface area contributed by atoms with Crippen LogP contribution in [-0.4, -0.2) is 18.0 Å². The summed E-state index contributed by atoms with van der Waals surface area (Å²) in [5.41, 5.74) is 0.0820. The molecule has 23 heavy (non-hydrogen) atoms. The van der Waals surface area contributed by atoms with Crippen molar-refractivity contribution in [3.05, 3.63) is 63.5 Å². The van der Waals surface area contributed by atoms with Gasteiger partial charge in [0.25, 0.3) is 5.91 Å². The molecule has 0 aliphatic rings. The van der Waals surface area contributed by atoms with Crippen LogP contribution in [0.2, 0.25) is 10.0 Å². The molecule has 0 unspecified atom stereocenters. The van der Waals surface area contributed by atoms with E-state index in [9.17, 15) is 14.8 Å². The van der Waals surface area contributed by atoms with Crippen LogP contribution in [0.4, 0.5) is 5.69 Å². The maximum atomic E-state index is 12.1. The standard InChI is InChI=1S/C15H12Cl2N2O4/c1-9(23-15(21)13-4-2-3-7-19(13)22)14(20)18-12-8-10(16)5-6-11(12)17/h2-9H,1H3,(H,18,20)/t9-/m1/s1. The predicted molar refractivity (Wildman–Crippen MR) is 85.4 cm³/mol. The Morgan fingerprint density at radius 1 is 1.26 bits per heavy atom. The fourth-order valence-corrected chi connectivity index (χ4v) is 2.03. The lowest BCUT2D eigenvalue weighted by molar-refractivity contribution is -0.608. The number of esters is 1. The zero-order valence-electron chi connectivity index (χ0n) is 12.0. The minimum absolute atomic E-state index is 0.215. The van der Waals surface area contributed by atoms with Gasteiger partial charge in [0, 0.05) is 17.2 Å². The van der Waals surface area contributed by atoms with Gasteiger partial charge in [0.1, 0.15) is 0 Å². The second-order valence-corrected chi connectivity index (χ2v) is 5.42. The summed E-state index contributed by atoms with van der Waals surface area (Å²) in [6.07, 6.45) is 0.0327. The number of ether oxygens (including phenoxy) is 1. The van der Waals surface area contributed by atoms with Crippen molar-refractivity contribution in [1.82, 2.24) is 0 Å². The van der Waals surface area contributed by atoms with Gasteiger partial charge in [-0.1, -0.05) is 23.2 Å². The van der Waals surface area contributed by atoms with E-state index in [1.807, 2.05) is 0 Å². The number of benzene rings is 1. The third kappa shape index (κ3) is 4.34. The van der Waals surface area contributed by atoms with Crippen LogP contribution in [0.15, 0.2) is 42.6 Å². The Morgan fingerprint density at radius 2 is 2.00 bits per heavy atom.